The van der Waals surface area contributed by atoms with Gasteiger partial charge in [0.1, 0.15) is 0 Å². The molecule has 0 spiro atoms. The van der Waals surface area contributed by atoms with Crippen LogP contribution in [-0.4, -0.2) is 6.15 Å². The summed E-state index contributed by atoms with van der Waals surface area (Å²) in [5.41, 5.74) is 5.89. The molecular formula is C24H20ClF3O2. The Labute approximate surface area is 178 Å². The fraction of sp³-hybridized carbons (Fsp3) is 0.208. The van der Waals surface area contributed by atoms with Gasteiger partial charge in [-0.3, -0.25) is 0 Å². The van der Waals surface area contributed by atoms with Crippen LogP contribution in [0.1, 0.15) is 29.2 Å². The molecule has 0 aliphatic rings. The summed E-state index contributed by atoms with van der Waals surface area (Å²) >= 11 is 6.42. The Kier molecular flexibility index (Phi) is 7.60. The third kappa shape index (κ3) is 5.38. The zero-order valence-electron chi connectivity index (χ0n) is 16.7. The molecule has 0 N–H and O–H groups in total. The maximum absolute atomic E-state index is 13.1. The molecule has 6 heteroatoms. The van der Waals surface area contributed by atoms with Gasteiger partial charge in [-0.25, -0.2) is 0 Å². The average Bonchev–Trinajstić information content (AvgIpc) is 2.68. The van der Waals surface area contributed by atoms with Gasteiger partial charge in [0.05, 0.1) is 5.56 Å². The molecule has 3 aromatic carbocycles. The Morgan fingerprint density at radius 1 is 0.867 bits per heavy atom. The lowest BCUT2D eigenvalue weighted by Gasteiger charge is -2.15. The third-order valence-electron chi connectivity index (χ3n) is 4.76. The van der Waals surface area contributed by atoms with Crippen molar-refractivity contribution in [3.63, 3.8) is 0 Å². The normalized spacial score (nSPS) is 10.8. The van der Waals surface area contributed by atoms with Crippen LogP contribution in [0.2, 0.25) is 5.02 Å². The summed E-state index contributed by atoms with van der Waals surface area (Å²) in [4.78, 5) is 16.2. The number of halogens is 4. The highest BCUT2D eigenvalue weighted by Crippen LogP contribution is 2.38. The Bertz CT molecular complexity index is 1080. The first-order valence-electron chi connectivity index (χ1n) is 9.19. The van der Waals surface area contributed by atoms with Crippen LogP contribution in [0.5, 0.6) is 0 Å². The molecule has 0 amide bonds. The van der Waals surface area contributed by atoms with Gasteiger partial charge in [-0.2, -0.15) is 22.8 Å². The van der Waals surface area contributed by atoms with Gasteiger partial charge in [0.15, 0.2) is 0 Å². The first-order chi connectivity index (χ1) is 14.1. The van der Waals surface area contributed by atoms with E-state index in [1.165, 1.54) is 17.7 Å². The summed E-state index contributed by atoms with van der Waals surface area (Å²) in [6.45, 7) is 5.94. The predicted molar refractivity (Wildman–Crippen MR) is 111 cm³/mol. The molecule has 0 heterocycles. The minimum atomic E-state index is -4.35. The average molecular weight is 433 g/mol. The van der Waals surface area contributed by atoms with Crippen molar-refractivity contribution >= 4 is 17.8 Å². The van der Waals surface area contributed by atoms with Crippen LogP contribution in [0.4, 0.5) is 13.2 Å². The fourth-order valence-electron chi connectivity index (χ4n) is 3.36. The van der Waals surface area contributed by atoms with E-state index >= 15 is 0 Å². The quantitative estimate of drug-likeness (QED) is 0.435. The lowest BCUT2D eigenvalue weighted by Crippen LogP contribution is -2.06. The molecule has 0 aliphatic heterocycles. The fourth-order valence-corrected chi connectivity index (χ4v) is 3.58. The van der Waals surface area contributed by atoms with Crippen molar-refractivity contribution in [2.24, 2.45) is 0 Å². The second-order valence-electron chi connectivity index (χ2n) is 6.82. The second-order valence-corrected chi connectivity index (χ2v) is 7.23. The number of hydrogen-bond acceptors (Lipinski definition) is 2. The van der Waals surface area contributed by atoms with Gasteiger partial charge in [0.2, 0.25) is 0 Å². The van der Waals surface area contributed by atoms with Gasteiger partial charge in [-0.1, -0.05) is 54.4 Å². The van der Waals surface area contributed by atoms with Crippen LogP contribution in [0.3, 0.4) is 0 Å². The Hall–Kier alpha value is -2.88. The maximum Gasteiger partial charge on any atom is 0.416 e. The van der Waals surface area contributed by atoms with E-state index in [4.69, 9.17) is 21.2 Å². The van der Waals surface area contributed by atoms with Gasteiger partial charge < -0.3 is 0 Å². The van der Waals surface area contributed by atoms with Gasteiger partial charge in [-0.05, 0) is 72.4 Å². The number of hydrogen-bond donors (Lipinski definition) is 0. The monoisotopic (exact) mass is 432 g/mol. The van der Waals surface area contributed by atoms with E-state index in [0.29, 0.717) is 17.0 Å². The van der Waals surface area contributed by atoms with Gasteiger partial charge >= 0.3 is 12.3 Å². The molecule has 0 radical (unpaired) electrons. The molecule has 0 unspecified atom stereocenters. The van der Waals surface area contributed by atoms with Crippen LogP contribution in [-0.2, 0) is 22.2 Å². The number of alkyl halides is 3. The Morgan fingerprint density at radius 3 is 2.07 bits per heavy atom. The number of benzene rings is 3. The number of aryl methyl sites for hydroxylation is 3. The van der Waals surface area contributed by atoms with E-state index in [1.807, 2.05) is 45.0 Å². The van der Waals surface area contributed by atoms with E-state index in [2.05, 4.69) is 12.1 Å². The maximum atomic E-state index is 13.1. The summed E-state index contributed by atoms with van der Waals surface area (Å²) in [7, 11) is 0. The first kappa shape index (κ1) is 23.4. The molecule has 0 aromatic heterocycles. The SMILES string of the molecule is CCc1cc(C(F)(F)F)ccc1-c1cc(-c2ccc(C)cc2C)ccc1Cl.O=C=O. The molecular weight excluding hydrogens is 413 g/mol. The molecule has 0 aliphatic carbocycles. The van der Waals surface area contributed by atoms with Gasteiger partial charge in [-0.15, -0.1) is 0 Å². The van der Waals surface area contributed by atoms with Crippen molar-refractivity contribution < 1.29 is 22.8 Å². The summed E-state index contributed by atoms with van der Waals surface area (Å²) in [6.07, 6.45) is -3.61. The van der Waals surface area contributed by atoms with Crippen molar-refractivity contribution in [3.05, 3.63) is 81.9 Å². The zero-order chi connectivity index (χ0) is 22.5. The van der Waals surface area contributed by atoms with E-state index in [9.17, 15) is 13.2 Å². The van der Waals surface area contributed by atoms with Crippen molar-refractivity contribution in [2.45, 2.75) is 33.4 Å². The Morgan fingerprint density at radius 2 is 1.50 bits per heavy atom. The van der Waals surface area contributed by atoms with Crippen LogP contribution in [0, 0.1) is 13.8 Å². The van der Waals surface area contributed by atoms with Crippen LogP contribution in [0.15, 0.2) is 54.6 Å². The highest BCUT2D eigenvalue weighted by molar-refractivity contribution is 6.33. The largest absolute Gasteiger partial charge is 0.416 e. The molecule has 3 aromatic rings. The van der Waals surface area contributed by atoms with Crippen LogP contribution < -0.4 is 0 Å². The second kappa shape index (κ2) is 9.75. The molecule has 0 saturated carbocycles. The van der Waals surface area contributed by atoms with Crippen molar-refractivity contribution in [3.8, 4) is 22.3 Å². The molecule has 3 rings (SSSR count). The molecule has 0 saturated heterocycles. The van der Waals surface area contributed by atoms with E-state index in [1.54, 1.807) is 0 Å². The lowest BCUT2D eigenvalue weighted by atomic mass is 9.92. The summed E-state index contributed by atoms with van der Waals surface area (Å²) in [5.74, 6) is 0. The van der Waals surface area contributed by atoms with E-state index < -0.39 is 11.7 Å². The van der Waals surface area contributed by atoms with Crippen molar-refractivity contribution in [1.82, 2.24) is 0 Å². The third-order valence-corrected chi connectivity index (χ3v) is 5.09. The summed E-state index contributed by atoms with van der Waals surface area (Å²) in [5, 5.41) is 0.526. The smallest absolute Gasteiger partial charge is 0.186 e. The zero-order valence-corrected chi connectivity index (χ0v) is 17.5. The lowest BCUT2D eigenvalue weighted by molar-refractivity contribution is -0.191. The topological polar surface area (TPSA) is 34.1 Å². The van der Waals surface area contributed by atoms with Crippen molar-refractivity contribution in [1.29, 1.82) is 0 Å². The first-order valence-corrected chi connectivity index (χ1v) is 9.57. The number of carbonyl (C=O) groups excluding carboxylic acids is 2. The molecule has 0 atom stereocenters. The van der Waals surface area contributed by atoms with E-state index in [0.717, 1.165) is 33.9 Å². The van der Waals surface area contributed by atoms with Crippen molar-refractivity contribution in [2.75, 3.05) is 0 Å². The summed E-state index contributed by atoms with van der Waals surface area (Å²) in [6, 6.07) is 15.8. The molecule has 0 bridgehead atoms. The van der Waals surface area contributed by atoms with Crippen LogP contribution >= 0.6 is 11.6 Å². The van der Waals surface area contributed by atoms with E-state index in [-0.39, 0.29) is 6.15 Å². The summed E-state index contributed by atoms with van der Waals surface area (Å²) < 4.78 is 39.2. The van der Waals surface area contributed by atoms with Gasteiger partial charge in [0, 0.05) is 10.6 Å². The number of rotatable bonds is 3. The molecule has 2 nitrogen and oxygen atoms in total. The highest BCUT2D eigenvalue weighted by atomic mass is 35.5. The Balaban J connectivity index is 0.00000101. The van der Waals surface area contributed by atoms with Gasteiger partial charge in [0.25, 0.3) is 0 Å². The highest BCUT2D eigenvalue weighted by Gasteiger charge is 2.31. The molecule has 0 fully saturated rings. The molecule has 156 valence electrons. The minimum absolute atomic E-state index is 0.250. The predicted octanol–water partition coefficient (Wildman–Crippen LogP) is 7.29. The minimum Gasteiger partial charge on any atom is -0.186 e. The standard InChI is InChI=1S/C23H20ClF3.CO2/c1-4-16-12-18(23(25,26)27)7-9-20(16)21-13-17(6-10-22(21)24)19-8-5-14(2)11-15(19)3;2-1-3/h5-13H,4H2,1-3H3;. The molecule has 30 heavy (non-hydrogen) atoms. The van der Waals surface area contributed by atoms with Crippen LogP contribution in [0.25, 0.3) is 22.3 Å².